The summed E-state index contributed by atoms with van der Waals surface area (Å²) in [6, 6.07) is 8.07. The molecule has 114 valence electrons. The van der Waals surface area contributed by atoms with E-state index in [4.69, 9.17) is 4.74 Å². The number of hydrogen-bond acceptors (Lipinski definition) is 5. The van der Waals surface area contributed by atoms with Crippen molar-refractivity contribution in [2.75, 3.05) is 19.0 Å². The zero-order valence-corrected chi connectivity index (χ0v) is 14.0. The lowest BCUT2D eigenvalue weighted by Crippen LogP contribution is -2.07. The number of aryl methyl sites for hydroxylation is 1. The zero-order chi connectivity index (χ0) is 15.5. The second-order valence-electron chi connectivity index (χ2n) is 4.86. The van der Waals surface area contributed by atoms with E-state index in [-0.39, 0.29) is 0 Å². The van der Waals surface area contributed by atoms with Gasteiger partial charge in [-0.15, -0.1) is 0 Å². The molecule has 0 saturated carbocycles. The fraction of sp³-hybridized carbons (Fsp3) is 0.267. The highest BCUT2D eigenvalue weighted by molar-refractivity contribution is 9.10. The Labute approximate surface area is 136 Å². The van der Waals surface area contributed by atoms with Gasteiger partial charge in [-0.1, -0.05) is 12.1 Å². The summed E-state index contributed by atoms with van der Waals surface area (Å²) < 4.78 is 7.64. The third kappa shape index (κ3) is 2.89. The topological polar surface area (TPSA) is 64.9 Å². The highest BCUT2D eigenvalue weighted by atomic mass is 79.9. The van der Waals surface area contributed by atoms with Gasteiger partial charge in [-0.3, -0.25) is 0 Å². The molecule has 1 N–H and O–H groups in total. The quantitative estimate of drug-likeness (QED) is 0.756. The van der Waals surface area contributed by atoms with Crippen LogP contribution in [-0.2, 0) is 13.5 Å². The van der Waals surface area contributed by atoms with E-state index in [1.807, 2.05) is 19.2 Å². The van der Waals surface area contributed by atoms with Gasteiger partial charge in [0.05, 0.1) is 12.5 Å². The summed E-state index contributed by atoms with van der Waals surface area (Å²) in [4.78, 5) is 8.57. The van der Waals surface area contributed by atoms with Crippen LogP contribution in [-0.4, -0.2) is 33.4 Å². The molecule has 6 nitrogen and oxygen atoms in total. The minimum Gasteiger partial charge on any atom is -0.497 e. The second-order valence-corrected chi connectivity index (χ2v) is 5.61. The van der Waals surface area contributed by atoms with Gasteiger partial charge >= 0.3 is 0 Å². The maximum absolute atomic E-state index is 5.16. The Balaban J connectivity index is 1.71. The Kier molecular flexibility index (Phi) is 4.24. The second kappa shape index (κ2) is 6.31. The number of halogens is 1. The number of benzene rings is 1. The Morgan fingerprint density at radius 1 is 1.23 bits per heavy atom. The summed E-state index contributed by atoms with van der Waals surface area (Å²) in [5.74, 6) is 1.66. The molecule has 0 fully saturated rings. The minimum atomic E-state index is 0.748. The van der Waals surface area contributed by atoms with E-state index >= 15 is 0 Å². The maximum atomic E-state index is 5.16. The first-order valence-corrected chi connectivity index (χ1v) is 7.68. The minimum absolute atomic E-state index is 0.748. The lowest BCUT2D eigenvalue weighted by atomic mass is 10.1. The third-order valence-electron chi connectivity index (χ3n) is 3.44. The van der Waals surface area contributed by atoms with E-state index in [0.717, 1.165) is 40.2 Å². The predicted molar refractivity (Wildman–Crippen MR) is 89.2 cm³/mol. The Morgan fingerprint density at radius 3 is 2.73 bits per heavy atom. The van der Waals surface area contributed by atoms with Crippen LogP contribution in [0.5, 0.6) is 5.75 Å². The van der Waals surface area contributed by atoms with Crippen molar-refractivity contribution in [2.24, 2.45) is 7.05 Å². The van der Waals surface area contributed by atoms with E-state index in [2.05, 4.69) is 48.4 Å². The van der Waals surface area contributed by atoms with Crippen LogP contribution in [0.2, 0.25) is 0 Å². The Hall–Kier alpha value is -2.15. The standard InChI is InChI=1S/C15H16BrN5O/c1-21-15-12(13(16)20-21)14(18-9-19-15)17-8-7-10-3-5-11(22-2)6-4-10/h3-6,9H,7-8H2,1-2H3,(H,17,18,19). The fourth-order valence-electron chi connectivity index (χ4n) is 2.29. The number of nitrogens with zero attached hydrogens (tertiary/aromatic N) is 4. The summed E-state index contributed by atoms with van der Waals surface area (Å²) in [6.07, 6.45) is 2.44. The van der Waals surface area contributed by atoms with E-state index < -0.39 is 0 Å². The number of rotatable bonds is 5. The number of aromatic nitrogens is 4. The maximum Gasteiger partial charge on any atom is 0.164 e. The van der Waals surface area contributed by atoms with Crippen LogP contribution in [0.4, 0.5) is 5.82 Å². The first-order chi connectivity index (χ1) is 10.7. The first kappa shape index (κ1) is 14.8. The molecule has 0 amide bonds. The normalized spacial score (nSPS) is 10.9. The average molecular weight is 362 g/mol. The summed E-state index contributed by atoms with van der Waals surface area (Å²) in [5.41, 5.74) is 2.04. The molecule has 0 saturated heterocycles. The van der Waals surface area contributed by atoms with Gasteiger partial charge in [0.25, 0.3) is 0 Å². The number of ether oxygens (including phenoxy) is 1. The fourth-order valence-corrected chi connectivity index (χ4v) is 2.90. The molecule has 0 radical (unpaired) electrons. The van der Waals surface area contributed by atoms with Crippen LogP contribution in [0.1, 0.15) is 5.56 Å². The predicted octanol–water partition coefficient (Wildman–Crippen LogP) is 2.79. The molecule has 0 unspecified atom stereocenters. The van der Waals surface area contributed by atoms with Crippen molar-refractivity contribution in [3.05, 3.63) is 40.8 Å². The largest absolute Gasteiger partial charge is 0.497 e. The van der Waals surface area contributed by atoms with Crippen molar-refractivity contribution in [3.8, 4) is 5.75 Å². The number of methoxy groups -OCH3 is 1. The Morgan fingerprint density at radius 2 is 2.00 bits per heavy atom. The summed E-state index contributed by atoms with van der Waals surface area (Å²) in [7, 11) is 3.53. The Bertz CT molecular complexity index is 784. The molecule has 0 aliphatic rings. The molecular weight excluding hydrogens is 346 g/mol. The lowest BCUT2D eigenvalue weighted by Gasteiger charge is -2.07. The lowest BCUT2D eigenvalue weighted by molar-refractivity contribution is 0.414. The highest BCUT2D eigenvalue weighted by Gasteiger charge is 2.12. The van der Waals surface area contributed by atoms with Crippen molar-refractivity contribution in [2.45, 2.75) is 6.42 Å². The van der Waals surface area contributed by atoms with Gasteiger partial charge in [0, 0.05) is 13.6 Å². The molecule has 0 spiro atoms. The average Bonchev–Trinajstić information content (AvgIpc) is 2.84. The van der Waals surface area contributed by atoms with E-state index in [9.17, 15) is 0 Å². The van der Waals surface area contributed by atoms with Gasteiger partial charge in [-0.2, -0.15) is 5.10 Å². The van der Waals surface area contributed by atoms with E-state index in [0.29, 0.717) is 0 Å². The van der Waals surface area contributed by atoms with Crippen molar-refractivity contribution >= 4 is 32.8 Å². The zero-order valence-electron chi connectivity index (χ0n) is 12.4. The van der Waals surface area contributed by atoms with E-state index in [1.165, 1.54) is 5.56 Å². The van der Waals surface area contributed by atoms with Crippen LogP contribution < -0.4 is 10.1 Å². The van der Waals surface area contributed by atoms with Crippen LogP contribution in [0.25, 0.3) is 11.0 Å². The number of hydrogen-bond donors (Lipinski definition) is 1. The summed E-state index contributed by atoms with van der Waals surface area (Å²) in [5, 5.41) is 8.57. The molecular formula is C15H16BrN5O. The summed E-state index contributed by atoms with van der Waals surface area (Å²) >= 11 is 3.46. The molecule has 0 aliphatic heterocycles. The van der Waals surface area contributed by atoms with Crippen LogP contribution >= 0.6 is 15.9 Å². The van der Waals surface area contributed by atoms with Gasteiger partial charge in [-0.05, 0) is 40.0 Å². The van der Waals surface area contributed by atoms with Crippen molar-refractivity contribution in [1.82, 2.24) is 19.7 Å². The molecule has 0 aliphatic carbocycles. The number of nitrogens with one attached hydrogen (secondary N) is 1. The van der Waals surface area contributed by atoms with Gasteiger partial charge in [0.15, 0.2) is 5.65 Å². The first-order valence-electron chi connectivity index (χ1n) is 6.89. The molecule has 2 heterocycles. The SMILES string of the molecule is COc1ccc(CCNc2ncnc3c2c(Br)nn3C)cc1. The third-order valence-corrected chi connectivity index (χ3v) is 4.00. The molecule has 22 heavy (non-hydrogen) atoms. The molecule has 3 aromatic rings. The molecule has 1 aromatic carbocycles. The van der Waals surface area contributed by atoms with Gasteiger partial charge in [0.1, 0.15) is 22.5 Å². The summed E-state index contributed by atoms with van der Waals surface area (Å²) in [6.45, 7) is 0.778. The van der Waals surface area contributed by atoms with Crippen molar-refractivity contribution in [1.29, 1.82) is 0 Å². The van der Waals surface area contributed by atoms with Gasteiger partial charge in [0.2, 0.25) is 0 Å². The molecule has 3 rings (SSSR count). The molecule has 2 aromatic heterocycles. The van der Waals surface area contributed by atoms with Crippen LogP contribution in [0, 0.1) is 0 Å². The number of anilines is 1. The highest BCUT2D eigenvalue weighted by Crippen LogP contribution is 2.26. The molecule has 7 heteroatoms. The molecule has 0 atom stereocenters. The smallest absolute Gasteiger partial charge is 0.164 e. The van der Waals surface area contributed by atoms with Crippen molar-refractivity contribution < 1.29 is 4.74 Å². The number of fused-ring (bicyclic) bond motifs is 1. The molecule has 0 bridgehead atoms. The van der Waals surface area contributed by atoms with Crippen LogP contribution in [0.3, 0.4) is 0 Å². The van der Waals surface area contributed by atoms with Crippen LogP contribution in [0.15, 0.2) is 35.2 Å². The monoisotopic (exact) mass is 361 g/mol. The van der Waals surface area contributed by atoms with E-state index in [1.54, 1.807) is 18.1 Å². The van der Waals surface area contributed by atoms with Gasteiger partial charge in [-0.25, -0.2) is 14.6 Å². The van der Waals surface area contributed by atoms with Gasteiger partial charge < -0.3 is 10.1 Å². The van der Waals surface area contributed by atoms with Crippen molar-refractivity contribution in [3.63, 3.8) is 0 Å².